The molecule has 0 fully saturated rings. The van der Waals surface area contributed by atoms with E-state index in [0.29, 0.717) is 17.0 Å². The van der Waals surface area contributed by atoms with Crippen LogP contribution in [0.25, 0.3) is 0 Å². The van der Waals surface area contributed by atoms with E-state index in [1.165, 1.54) is 17.0 Å². The van der Waals surface area contributed by atoms with Crippen LogP contribution in [-0.4, -0.2) is 23.0 Å². The second kappa shape index (κ2) is 7.34. The van der Waals surface area contributed by atoms with E-state index in [4.69, 9.17) is 16.3 Å². The average molecular weight is 419 g/mol. The minimum absolute atomic E-state index is 0.0749. The van der Waals surface area contributed by atoms with Gasteiger partial charge < -0.3 is 15.0 Å². The summed E-state index contributed by atoms with van der Waals surface area (Å²) in [7, 11) is 0. The van der Waals surface area contributed by atoms with E-state index in [2.05, 4.69) is 5.32 Å². The van der Waals surface area contributed by atoms with E-state index in [9.17, 15) is 14.0 Å². The molecular weight excluding hydrogens is 395 g/mol. The fourth-order valence-corrected chi connectivity index (χ4v) is 3.34. The molecule has 0 atom stereocenters. The number of carbonyl (C=O) groups excluding carboxylic acids is 2. The number of hydrogen-bond donors (Lipinski definition) is 1. The van der Waals surface area contributed by atoms with Gasteiger partial charge in [-0.2, -0.15) is 0 Å². The molecule has 154 valence electrons. The number of rotatable bonds is 3. The fraction of sp³-hybridized carbons (Fsp3) is 0.364. The number of ether oxygens (including phenoxy) is 1. The maximum atomic E-state index is 14.4. The molecule has 0 saturated heterocycles. The highest BCUT2D eigenvalue weighted by atomic mass is 35.5. The summed E-state index contributed by atoms with van der Waals surface area (Å²) in [6.07, 6.45) is 0. The number of amides is 2. The van der Waals surface area contributed by atoms with Gasteiger partial charge in [-0.1, -0.05) is 17.7 Å². The molecule has 1 aliphatic rings. The van der Waals surface area contributed by atoms with E-state index in [1.54, 1.807) is 38.1 Å². The molecule has 5 nitrogen and oxygen atoms in total. The lowest BCUT2D eigenvalue weighted by Gasteiger charge is -2.39. The molecule has 2 amide bonds. The van der Waals surface area contributed by atoms with Gasteiger partial charge in [0.1, 0.15) is 11.6 Å². The lowest BCUT2D eigenvalue weighted by molar-refractivity contribution is -0.132. The van der Waals surface area contributed by atoms with Crippen molar-refractivity contribution < 1.29 is 18.7 Å². The van der Waals surface area contributed by atoms with Gasteiger partial charge in [-0.05, 0) is 65.0 Å². The fourth-order valence-electron chi connectivity index (χ4n) is 3.12. The summed E-state index contributed by atoms with van der Waals surface area (Å²) >= 11 is 6.18. The summed E-state index contributed by atoms with van der Waals surface area (Å²) in [5.41, 5.74) is -0.577. The Hall–Kier alpha value is -2.60. The zero-order valence-electron chi connectivity index (χ0n) is 17.1. The molecule has 2 aromatic rings. The molecule has 3 rings (SSSR count). The molecule has 0 spiro atoms. The van der Waals surface area contributed by atoms with Gasteiger partial charge in [0.15, 0.2) is 5.60 Å². The Morgan fingerprint density at radius 3 is 2.55 bits per heavy atom. The van der Waals surface area contributed by atoms with Crippen LogP contribution in [0.3, 0.4) is 0 Å². The molecule has 0 aliphatic carbocycles. The minimum atomic E-state index is -1.14. The van der Waals surface area contributed by atoms with Crippen LogP contribution in [0.5, 0.6) is 5.75 Å². The third kappa shape index (κ3) is 4.37. The number of carbonyl (C=O) groups is 2. The van der Waals surface area contributed by atoms with Crippen molar-refractivity contribution in [1.82, 2.24) is 5.32 Å². The highest BCUT2D eigenvalue weighted by Crippen LogP contribution is 2.40. The lowest BCUT2D eigenvalue weighted by Crippen LogP contribution is -2.52. The van der Waals surface area contributed by atoms with Crippen LogP contribution in [0, 0.1) is 5.82 Å². The van der Waals surface area contributed by atoms with E-state index < -0.39 is 17.0 Å². The van der Waals surface area contributed by atoms with E-state index >= 15 is 0 Å². The molecule has 7 heteroatoms. The highest BCUT2D eigenvalue weighted by molar-refractivity contribution is 6.31. The van der Waals surface area contributed by atoms with Crippen LogP contribution in [-0.2, 0) is 11.3 Å². The number of fused-ring (bicyclic) bond motifs is 1. The van der Waals surface area contributed by atoms with Gasteiger partial charge in [-0.15, -0.1) is 0 Å². The van der Waals surface area contributed by atoms with Crippen molar-refractivity contribution in [3.05, 3.63) is 58.4 Å². The van der Waals surface area contributed by atoms with Crippen LogP contribution in [0.15, 0.2) is 36.4 Å². The SMILES string of the molecule is CC(C)(C)NC(=O)c1ccc2c(c1)N(Cc1c(F)cccc1Cl)C(=O)C(C)(C)O2. The Balaban J connectivity index is 2.06. The molecule has 1 N–H and O–H groups in total. The maximum absolute atomic E-state index is 14.4. The normalized spacial score (nSPS) is 15.6. The average Bonchev–Trinajstić information content (AvgIpc) is 2.59. The van der Waals surface area contributed by atoms with Gasteiger partial charge in [0.2, 0.25) is 0 Å². The van der Waals surface area contributed by atoms with Gasteiger partial charge in [-0.3, -0.25) is 9.59 Å². The van der Waals surface area contributed by atoms with Crippen molar-refractivity contribution in [2.24, 2.45) is 0 Å². The van der Waals surface area contributed by atoms with Crippen LogP contribution < -0.4 is 15.0 Å². The number of hydrogen-bond acceptors (Lipinski definition) is 3. The van der Waals surface area contributed by atoms with Gasteiger partial charge >= 0.3 is 0 Å². The quantitative estimate of drug-likeness (QED) is 0.785. The first-order valence-corrected chi connectivity index (χ1v) is 9.67. The Labute approximate surface area is 174 Å². The predicted molar refractivity (Wildman–Crippen MR) is 111 cm³/mol. The van der Waals surface area contributed by atoms with Gasteiger partial charge in [0.25, 0.3) is 11.8 Å². The monoisotopic (exact) mass is 418 g/mol. The number of halogens is 2. The number of nitrogens with zero attached hydrogens (tertiary/aromatic N) is 1. The van der Waals surface area contributed by atoms with Crippen LogP contribution in [0.1, 0.15) is 50.5 Å². The first-order valence-electron chi connectivity index (χ1n) is 9.29. The zero-order chi connectivity index (χ0) is 21.6. The van der Waals surface area contributed by atoms with Crippen molar-refractivity contribution in [3.8, 4) is 5.75 Å². The molecule has 1 aliphatic heterocycles. The molecule has 0 unspecified atom stereocenters. The summed E-state index contributed by atoms with van der Waals surface area (Å²) in [4.78, 5) is 27.1. The topological polar surface area (TPSA) is 58.6 Å². The standard InChI is InChI=1S/C22H24ClFN2O3/c1-21(2,3)25-19(27)13-9-10-18-17(11-13)26(20(28)22(4,5)29-18)12-14-15(23)7-6-8-16(14)24/h6-11H,12H2,1-5H3,(H,25,27). The number of nitrogens with one attached hydrogen (secondary N) is 1. The van der Waals surface area contributed by atoms with E-state index in [1.807, 2.05) is 20.8 Å². The van der Waals surface area contributed by atoms with E-state index in [0.717, 1.165) is 0 Å². The van der Waals surface area contributed by atoms with Crippen molar-refractivity contribution >= 4 is 29.1 Å². The van der Waals surface area contributed by atoms with Crippen LogP contribution in [0.2, 0.25) is 5.02 Å². The van der Waals surface area contributed by atoms with Crippen molar-refractivity contribution in [1.29, 1.82) is 0 Å². The second-order valence-electron chi connectivity index (χ2n) is 8.59. The Morgan fingerprint density at radius 2 is 1.93 bits per heavy atom. The molecule has 2 aromatic carbocycles. The minimum Gasteiger partial charge on any atom is -0.476 e. The third-order valence-corrected chi connectivity index (χ3v) is 4.86. The second-order valence-corrected chi connectivity index (χ2v) is 9.00. The Bertz CT molecular complexity index is 962. The summed E-state index contributed by atoms with van der Waals surface area (Å²) in [5, 5.41) is 3.12. The summed E-state index contributed by atoms with van der Waals surface area (Å²) < 4.78 is 20.2. The van der Waals surface area contributed by atoms with Crippen LogP contribution >= 0.6 is 11.6 Å². The molecule has 29 heavy (non-hydrogen) atoms. The first kappa shape index (κ1) is 21.1. The largest absolute Gasteiger partial charge is 0.476 e. The maximum Gasteiger partial charge on any atom is 0.271 e. The summed E-state index contributed by atoms with van der Waals surface area (Å²) in [6, 6.07) is 9.25. The number of anilines is 1. The Kier molecular flexibility index (Phi) is 5.34. The molecule has 0 bridgehead atoms. The number of benzene rings is 2. The smallest absolute Gasteiger partial charge is 0.271 e. The highest BCUT2D eigenvalue weighted by Gasteiger charge is 2.41. The van der Waals surface area contributed by atoms with Gasteiger partial charge in [0, 0.05) is 21.7 Å². The van der Waals surface area contributed by atoms with Crippen molar-refractivity contribution in [2.75, 3.05) is 4.90 Å². The van der Waals surface area contributed by atoms with Crippen molar-refractivity contribution in [2.45, 2.75) is 52.3 Å². The summed E-state index contributed by atoms with van der Waals surface area (Å²) in [5.74, 6) is -0.689. The summed E-state index contributed by atoms with van der Waals surface area (Å²) in [6.45, 7) is 8.86. The lowest BCUT2D eigenvalue weighted by atomic mass is 10.0. The third-order valence-electron chi connectivity index (χ3n) is 4.50. The predicted octanol–water partition coefficient (Wildman–Crippen LogP) is 4.71. The molecular formula is C22H24ClFN2O3. The van der Waals surface area contributed by atoms with Crippen LogP contribution in [0.4, 0.5) is 10.1 Å². The zero-order valence-corrected chi connectivity index (χ0v) is 17.9. The van der Waals surface area contributed by atoms with Crippen molar-refractivity contribution in [3.63, 3.8) is 0 Å². The molecule has 1 heterocycles. The first-order chi connectivity index (χ1) is 13.4. The molecule has 0 aromatic heterocycles. The van der Waals surface area contributed by atoms with Gasteiger partial charge in [0.05, 0.1) is 12.2 Å². The van der Waals surface area contributed by atoms with Gasteiger partial charge in [-0.25, -0.2) is 4.39 Å². The molecule has 0 radical (unpaired) electrons. The Morgan fingerprint density at radius 1 is 1.24 bits per heavy atom. The molecule has 0 saturated carbocycles. The van der Waals surface area contributed by atoms with E-state index in [-0.39, 0.29) is 28.9 Å².